The van der Waals surface area contributed by atoms with Crippen molar-refractivity contribution in [1.29, 1.82) is 0 Å². The minimum atomic E-state index is -1.43. The van der Waals surface area contributed by atoms with Crippen molar-refractivity contribution in [3.8, 4) is 0 Å². The maximum atomic E-state index is 12.6. The predicted octanol–water partition coefficient (Wildman–Crippen LogP) is 3.94. The molecule has 2 atom stereocenters. The number of esters is 1. The first-order valence-corrected chi connectivity index (χ1v) is 8.96. The number of nitro groups is 1. The Morgan fingerprint density at radius 3 is 2.22 bits per heavy atom. The van der Waals surface area contributed by atoms with E-state index < -0.39 is 24.2 Å². The van der Waals surface area contributed by atoms with Crippen molar-refractivity contribution in [2.75, 3.05) is 6.54 Å². The quantitative estimate of drug-likeness (QED) is 0.422. The van der Waals surface area contributed by atoms with Crippen LogP contribution in [0.25, 0.3) is 0 Å². The molecule has 0 bridgehead atoms. The van der Waals surface area contributed by atoms with Gasteiger partial charge in [0.05, 0.1) is 0 Å². The summed E-state index contributed by atoms with van der Waals surface area (Å²) in [5.74, 6) is -1.02. The highest BCUT2D eigenvalue weighted by atomic mass is 16.6. The van der Waals surface area contributed by atoms with E-state index in [0.717, 1.165) is 0 Å². The summed E-state index contributed by atoms with van der Waals surface area (Å²) in [5.41, 5.74) is 0.239. The van der Waals surface area contributed by atoms with E-state index in [1.165, 1.54) is 0 Å². The zero-order valence-corrected chi connectivity index (χ0v) is 15.4. The van der Waals surface area contributed by atoms with Crippen molar-refractivity contribution in [3.63, 3.8) is 0 Å². The summed E-state index contributed by atoms with van der Waals surface area (Å²) in [6.07, 6.45) is 0.466. The van der Waals surface area contributed by atoms with E-state index >= 15 is 0 Å². The van der Waals surface area contributed by atoms with Gasteiger partial charge in [0.1, 0.15) is 11.6 Å². The van der Waals surface area contributed by atoms with E-state index in [-0.39, 0.29) is 10.8 Å². The number of ether oxygens (including phenoxy) is 1. The minimum absolute atomic E-state index is 0.216. The molecule has 0 radical (unpaired) electrons. The largest absolute Gasteiger partial charge is 0.427 e. The number of nitrogens with zero attached hydrogens (tertiary/aromatic N) is 2. The van der Waals surface area contributed by atoms with Crippen LogP contribution in [0.4, 0.5) is 0 Å². The summed E-state index contributed by atoms with van der Waals surface area (Å²) in [4.78, 5) is 28.4. The maximum Gasteiger partial charge on any atom is 0.354 e. The van der Waals surface area contributed by atoms with Gasteiger partial charge in [0.2, 0.25) is 12.3 Å². The minimum Gasteiger partial charge on any atom is -0.427 e. The number of rotatable bonds is 7. The average Bonchev–Trinajstić information content (AvgIpc) is 2.98. The van der Waals surface area contributed by atoms with Crippen LogP contribution in [0.2, 0.25) is 0 Å². The van der Waals surface area contributed by atoms with Crippen molar-refractivity contribution < 1.29 is 14.5 Å². The first-order valence-electron chi connectivity index (χ1n) is 8.96. The molecule has 6 nitrogen and oxygen atoms in total. The van der Waals surface area contributed by atoms with Crippen molar-refractivity contribution >= 4 is 11.7 Å². The third-order valence-electron chi connectivity index (χ3n) is 4.58. The second kappa shape index (κ2) is 7.70. The molecule has 3 rings (SSSR count). The Bertz CT molecular complexity index is 849. The van der Waals surface area contributed by atoms with Gasteiger partial charge in [-0.2, -0.15) is 0 Å². The van der Waals surface area contributed by atoms with Gasteiger partial charge in [0, 0.05) is 10.5 Å². The van der Waals surface area contributed by atoms with Crippen molar-refractivity contribution in [2.45, 2.75) is 31.9 Å². The zero-order valence-electron chi connectivity index (χ0n) is 15.4. The summed E-state index contributed by atoms with van der Waals surface area (Å²) < 4.78 is 5.82. The first-order chi connectivity index (χ1) is 12.9. The van der Waals surface area contributed by atoms with Gasteiger partial charge in [-0.1, -0.05) is 74.5 Å². The van der Waals surface area contributed by atoms with Gasteiger partial charge >= 0.3 is 5.97 Å². The van der Waals surface area contributed by atoms with Crippen LogP contribution in [0.3, 0.4) is 0 Å². The third kappa shape index (κ3) is 3.89. The fraction of sp³-hybridized carbons (Fsp3) is 0.333. The normalized spacial score (nSPS) is 20.3. The van der Waals surface area contributed by atoms with E-state index in [1.54, 1.807) is 12.1 Å². The number of carbonyl (C=O) groups excluding carboxylic acids is 1. The first kappa shape index (κ1) is 18.8. The van der Waals surface area contributed by atoms with Gasteiger partial charge in [0.25, 0.3) is 0 Å². The molecule has 0 amide bonds. The number of cyclic esters (lactones) is 1. The zero-order chi connectivity index (χ0) is 19.4. The molecular weight excluding hydrogens is 344 g/mol. The molecule has 140 valence electrons. The molecule has 0 spiro atoms. The number of carbonyl (C=O) groups is 1. The molecule has 0 N–H and O–H groups in total. The Balaban J connectivity index is 2.18. The molecule has 27 heavy (non-hydrogen) atoms. The van der Waals surface area contributed by atoms with Crippen LogP contribution in [-0.4, -0.2) is 23.1 Å². The van der Waals surface area contributed by atoms with Crippen LogP contribution >= 0.6 is 0 Å². The number of benzene rings is 2. The Morgan fingerprint density at radius 2 is 1.67 bits per heavy atom. The predicted molar refractivity (Wildman–Crippen MR) is 102 cm³/mol. The van der Waals surface area contributed by atoms with Gasteiger partial charge in [-0.25, -0.2) is 9.79 Å². The SMILES string of the molecule is CC(C)CC1=N[C@@](c2ccccc2)([C@H](C[N+](=O)[O-])c2ccccc2)OC1=O. The standard InChI is InChI=1S/C21H22N2O4/c1-15(2)13-19-20(24)27-21(22-19,17-11-7-4-8-12-17)18(14-23(25)26)16-9-5-3-6-10-16/h3-12,15,18H,13-14H2,1-2H3/t18-,21-/m1/s1. The van der Waals surface area contributed by atoms with E-state index in [1.807, 2.05) is 62.4 Å². The van der Waals surface area contributed by atoms with Crippen LogP contribution in [0.15, 0.2) is 65.7 Å². The molecule has 0 aliphatic carbocycles. The lowest BCUT2D eigenvalue weighted by Gasteiger charge is -2.32. The van der Waals surface area contributed by atoms with E-state index in [0.29, 0.717) is 23.3 Å². The van der Waals surface area contributed by atoms with Crippen molar-refractivity contribution in [3.05, 3.63) is 81.9 Å². The number of aliphatic imine (C=N–C) groups is 1. The molecule has 1 aliphatic heterocycles. The molecule has 1 heterocycles. The molecule has 0 fully saturated rings. The summed E-state index contributed by atoms with van der Waals surface area (Å²) in [5, 5.41) is 11.5. The maximum absolute atomic E-state index is 12.6. The Labute approximate surface area is 158 Å². The monoisotopic (exact) mass is 366 g/mol. The van der Waals surface area contributed by atoms with Crippen molar-refractivity contribution in [2.24, 2.45) is 10.9 Å². The molecular formula is C21H22N2O4. The van der Waals surface area contributed by atoms with Crippen LogP contribution in [0, 0.1) is 16.0 Å². The molecule has 0 saturated heterocycles. The van der Waals surface area contributed by atoms with Crippen LogP contribution < -0.4 is 0 Å². The second-order valence-corrected chi connectivity index (χ2v) is 7.09. The molecule has 0 saturated carbocycles. The Morgan fingerprint density at radius 1 is 1.07 bits per heavy atom. The lowest BCUT2D eigenvalue weighted by Crippen LogP contribution is -2.37. The van der Waals surface area contributed by atoms with E-state index in [9.17, 15) is 14.9 Å². The van der Waals surface area contributed by atoms with Crippen LogP contribution in [0.5, 0.6) is 0 Å². The van der Waals surface area contributed by atoms with Crippen LogP contribution in [-0.2, 0) is 15.3 Å². The van der Waals surface area contributed by atoms with Gasteiger partial charge in [-0.3, -0.25) is 10.1 Å². The van der Waals surface area contributed by atoms with Gasteiger partial charge < -0.3 is 4.74 Å². The lowest BCUT2D eigenvalue weighted by molar-refractivity contribution is -0.487. The highest BCUT2D eigenvalue weighted by molar-refractivity contribution is 6.37. The highest BCUT2D eigenvalue weighted by Crippen LogP contribution is 2.45. The van der Waals surface area contributed by atoms with Crippen molar-refractivity contribution in [1.82, 2.24) is 0 Å². The lowest BCUT2D eigenvalue weighted by atomic mass is 9.83. The third-order valence-corrected chi connectivity index (χ3v) is 4.58. The molecule has 0 aromatic heterocycles. The number of hydrogen-bond acceptors (Lipinski definition) is 5. The van der Waals surface area contributed by atoms with Gasteiger partial charge in [-0.15, -0.1) is 0 Å². The van der Waals surface area contributed by atoms with E-state index in [2.05, 4.69) is 4.99 Å². The fourth-order valence-electron chi connectivity index (χ4n) is 3.43. The summed E-state index contributed by atoms with van der Waals surface area (Å²) in [7, 11) is 0. The molecule has 0 unspecified atom stereocenters. The number of hydrogen-bond donors (Lipinski definition) is 0. The van der Waals surface area contributed by atoms with Gasteiger partial charge in [0.15, 0.2) is 0 Å². The summed E-state index contributed by atoms with van der Waals surface area (Å²) >= 11 is 0. The molecule has 2 aromatic rings. The molecule has 6 heteroatoms. The summed E-state index contributed by atoms with van der Waals surface area (Å²) in [6.45, 7) is 3.58. The smallest absolute Gasteiger partial charge is 0.354 e. The second-order valence-electron chi connectivity index (χ2n) is 7.09. The van der Waals surface area contributed by atoms with E-state index in [4.69, 9.17) is 4.74 Å². The average molecular weight is 366 g/mol. The van der Waals surface area contributed by atoms with Crippen LogP contribution in [0.1, 0.15) is 37.3 Å². The Hall–Kier alpha value is -3.02. The highest BCUT2D eigenvalue weighted by Gasteiger charge is 2.52. The molecule has 1 aliphatic rings. The Kier molecular flexibility index (Phi) is 5.35. The summed E-state index contributed by atoms with van der Waals surface area (Å²) in [6, 6.07) is 18.2. The molecule has 2 aromatic carbocycles. The van der Waals surface area contributed by atoms with Gasteiger partial charge in [-0.05, 0) is 17.9 Å². The fourth-order valence-corrected chi connectivity index (χ4v) is 3.43. The topological polar surface area (TPSA) is 81.8 Å².